The number of carboxylic acids is 1. The molecule has 0 saturated heterocycles. The average Bonchev–Trinajstić information content (AvgIpc) is 2.55. The van der Waals surface area contributed by atoms with Gasteiger partial charge in [-0.15, -0.1) is 13.2 Å². The summed E-state index contributed by atoms with van der Waals surface area (Å²) in [6.07, 6.45) is -4.76. The number of hydrogen-bond donors (Lipinski definition) is 2. The van der Waals surface area contributed by atoms with Gasteiger partial charge in [0, 0.05) is 24.5 Å². The molecule has 0 heterocycles. The first-order valence-corrected chi connectivity index (χ1v) is 7.86. The van der Waals surface area contributed by atoms with Crippen molar-refractivity contribution < 1.29 is 27.8 Å². The van der Waals surface area contributed by atoms with Gasteiger partial charge in [0.05, 0.1) is 0 Å². The maximum atomic E-state index is 12.2. The van der Waals surface area contributed by atoms with E-state index in [0.717, 1.165) is 23.4 Å². The Labute approximate surface area is 149 Å². The van der Waals surface area contributed by atoms with Crippen molar-refractivity contribution >= 4 is 17.3 Å². The van der Waals surface area contributed by atoms with Crippen molar-refractivity contribution in [3.05, 3.63) is 54.1 Å². The molecule has 0 radical (unpaired) electrons. The van der Waals surface area contributed by atoms with Crippen LogP contribution in [-0.4, -0.2) is 37.1 Å². The lowest BCUT2D eigenvalue weighted by Crippen LogP contribution is -2.33. The highest BCUT2D eigenvalue weighted by molar-refractivity contribution is 5.73. The van der Waals surface area contributed by atoms with Crippen LogP contribution in [0.1, 0.15) is 5.56 Å². The fraction of sp³-hybridized carbons (Fsp3) is 0.278. The smallest absolute Gasteiger partial charge is 0.480 e. The molecule has 140 valence electrons. The number of ether oxygens (including phenoxy) is 1. The summed E-state index contributed by atoms with van der Waals surface area (Å²) >= 11 is 0. The van der Waals surface area contributed by atoms with E-state index < -0.39 is 12.3 Å². The molecule has 0 atom stereocenters. The minimum Gasteiger partial charge on any atom is -0.480 e. The standard InChI is InChI=1S/C18H19F3N2O3/c1-13-2-4-14(5-3-13)22-10-11-23(12-17(24)25)15-6-8-16(9-7-15)26-18(19,20)21/h2-9,22H,10-12H2,1H3,(H,24,25). The van der Waals surface area contributed by atoms with Crippen LogP contribution in [0, 0.1) is 6.92 Å². The number of benzene rings is 2. The van der Waals surface area contributed by atoms with Crippen LogP contribution in [0.2, 0.25) is 0 Å². The Morgan fingerprint density at radius 3 is 2.27 bits per heavy atom. The summed E-state index contributed by atoms with van der Waals surface area (Å²) in [5.74, 6) is -1.38. The zero-order valence-electron chi connectivity index (χ0n) is 14.1. The van der Waals surface area contributed by atoms with E-state index in [2.05, 4.69) is 10.1 Å². The maximum absolute atomic E-state index is 12.2. The molecule has 5 nitrogen and oxygen atoms in total. The number of alkyl halides is 3. The molecule has 0 aliphatic heterocycles. The number of rotatable bonds is 8. The second-order valence-corrected chi connectivity index (χ2v) is 5.65. The molecule has 0 aliphatic carbocycles. The first-order valence-electron chi connectivity index (χ1n) is 7.86. The number of anilines is 2. The lowest BCUT2D eigenvalue weighted by atomic mass is 10.2. The SMILES string of the molecule is Cc1ccc(NCCN(CC(=O)O)c2ccc(OC(F)(F)F)cc2)cc1. The van der Waals surface area contributed by atoms with Gasteiger partial charge in [-0.2, -0.15) is 0 Å². The van der Waals surface area contributed by atoms with Crippen molar-refractivity contribution in [2.24, 2.45) is 0 Å². The summed E-state index contributed by atoms with van der Waals surface area (Å²) < 4.78 is 40.4. The van der Waals surface area contributed by atoms with E-state index in [0.29, 0.717) is 18.8 Å². The molecule has 2 N–H and O–H groups in total. The quantitative estimate of drug-likeness (QED) is 0.740. The van der Waals surface area contributed by atoms with E-state index in [4.69, 9.17) is 5.11 Å². The molecular weight excluding hydrogens is 349 g/mol. The third-order valence-electron chi connectivity index (χ3n) is 3.52. The van der Waals surface area contributed by atoms with Gasteiger partial charge < -0.3 is 20.1 Å². The Bertz CT molecular complexity index is 716. The van der Waals surface area contributed by atoms with E-state index in [1.165, 1.54) is 12.1 Å². The van der Waals surface area contributed by atoms with Gasteiger partial charge in [-0.25, -0.2) is 0 Å². The van der Waals surface area contributed by atoms with Gasteiger partial charge in [0.2, 0.25) is 0 Å². The maximum Gasteiger partial charge on any atom is 0.573 e. The number of carbonyl (C=O) groups is 1. The molecule has 0 aromatic heterocycles. The Morgan fingerprint density at radius 2 is 1.73 bits per heavy atom. The second-order valence-electron chi connectivity index (χ2n) is 5.65. The van der Waals surface area contributed by atoms with Crippen LogP contribution < -0.4 is 15.0 Å². The summed E-state index contributed by atoms with van der Waals surface area (Å²) in [7, 11) is 0. The lowest BCUT2D eigenvalue weighted by molar-refractivity contribution is -0.274. The number of carboxylic acid groups (broad SMARTS) is 1. The van der Waals surface area contributed by atoms with Crippen LogP contribution in [0.4, 0.5) is 24.5 Å². The number of halogens is 3. The molecule has 2 rings (SSSR count). The zero-order chi connectivity index (χ0) is 19.2. The van der Waals surface area contributed by atoms with Gasteiger partial charge in [0.1, 0.15) is 12.3 Å². The van der Waals surface area contributed by atoms with Crippen LogP contribution in [0.15, 0.2) is 48.5 Å². The Kier molecular flexibility index (Phi) is 6.32. The van der Waals surface area contributed by atoms with Crippen molar-refractivity contribution in [2.75, 3.05) is 29.9 Å². The van der Waals surface area contributed by atoms with Gasteiger partial charge >= 0.3 is 12.3 Å². The summed E-state index contributed by atoms with van der Waals surface area (Å²) in [6.45, 7) is 2.54. The van der Waals surface area contributed by atoms with Crippen LogP contribution in [0.3, 0.4) is 0 Å². The molecule has 26 heavy (non-hydrogen) atoms. The lowest BCUT2D eigenvalue weighted by Gasteiger charge is -2.23. The molecule has 0 amide bonds. The zero-order valence-corrected chi connectivity index (χ0v) is 14.1. The van der Waals surface area contributed by atoms with Crippen molar-refractivity contribution in [3.63, 3.8) is 0 Å². The molecule has 0 saturated carbocycles. The summed E-state index contributed by atoms with van der Waals surface area (Å²) in [4.78, 5) is 12.6. The van der Waals surface area contributed by atoms with Crippen molar-refractivity contribution in [2.45, 2.75) is 13.3 Å². The third kappa shape index (κ3) is 6.54. The van der Waals surface area contributed by atoms with Crippen LogP contribution >= 0.6 is 0 Å². The highest BCUT2D eigenvalue weighted by Crippen LogP contribution is 2.25. The minimum absolute atomic E-state index is 0.269. The molecule has 2 aromatic carbocycles. The topological polar surface area (TPSA) is 61.8 Å². The van der Waals surface area contributed by atoms with Gasteiger partial charge in [0.25, 0.3) is 0 Å². The predicted molar refractivity (Wildman–Crippen MR) is 92.6 cm³/mol. The first kappa shape index (κ1) is 19.4. The number of aliphatic carboxylic acids is 1. The molecule has 0 fully saturated rings. The van der Waals surface area contributed by atoms with E-state index in [-0.39, 0.29) is 12.3 Å². The van der Waals surface area contributed by atoms with Crippen LogP contribution in [0.25, 0.3) is 0 Å². The second kappa shape index (κ2) is 8.46. The highest BCUT2D eigenvalue weighted by atomic mass is 19.4. The Hall–Kier alpha value is -2.90. The summed E-state index contributed by atoms with van der Waals surface area (Å²) in [5, 5.41) is 12.2. The van der Waals surface area contributed by atoms with Crippen LogP contribution in [0.5, 0.6) is 5.75 Å². The summed E-state index contributed by atoms with van der Waals surface area (Å²) in [5.41, 5.74) is 2.52. The minimum atomic E-state index is -4.76. The van der Waals surface area contributed by atoms with Gasteiger partial charge in [0.15, 0.2) is 0 Å². The molecule has 0 spiro atoms. The average molecular weight is 368 g/mol. The molecule has 0 unspecified atom stereocenters. The molecule has 2 aromatic rings. The fourth-order valence-electron chi connectivity index (χ4n) is 2.33. The Balaban J connectivity index is 1.99. The first-order chi connectivity index (χ1) is 12.2. The van der Waals surface area contributed by atoms with Gasteiger partial charge in [-0.3, -0.25) is 4.79 Å². The molecule has 0 bridgehead atoms. The van der Waals surface area contributed by atoms with Crippen LogP contribution in [-0.2, 0) is 4.79 Å². The normalized spacial score (nSPS) is 11.1. The number of hydrogen-bond acceptors (Lipinski definition) is 4. The van der Waals surface area contributed by atoms with Crippen molar-refractivity contribution in [1.82, 2.24) is 0 Å². The summed E-state index contributed by atoms with van der Waals surface area (Å²) in [6, 6.07) is 12.9. The Morgan fingerprint density at radius 1 is 1.12 bits per heavy atom. The monoisotopic (exact) mass is 368 g/mol. The van der Waals surface area contributed by atoms with Crippen molar-refractivity contribution in [3.8, 4) is 5.75 Å². The fourth-order valence-corrected chi connectivity index (χ4v) is 2.33. The largest absolute Gasteiger partial charge is 0.573 e. The predicted octanol–water partition coefficient (Wildman–Crippen LogP) is 3.90. The highest BCUT2D eigenvalue weighted by Gasteiger charge is 2.31. The van der Waals surface area contributed by atoms with Crippen molar-refractivity contribution in [1.29, 1.82) is 0 Å². The van der Waals surface area contributed by atoms with E-state index in [9.17, 15) is 18.0 Å². The van der Waals surface area contributed by atoms with E-state index in [1.54, 1.807) is 4.90 Å². The molecule has 0 aliphatic rings. The number of nitrogens with one attached hydrogen (secondary N) is 1. The van der Waals surface area contributed by atoms with Gasteiger partial charge in [-0.1, -0.05) is 17.7 Å². The van der Waals surface area contributed by atoms with E-state index in [1.807, 2.05) is 31.2 Å². The molecule has 8 heteroatoms. The number of aryl methyl sites for hydroxylation is 1. The third-order valence-corrected chi connectivity index (χ3v) is 3.52. The molecular formula is C18H19F3N2O3. The number of nitrogens with zero attached hydrogens (tertiary/aromatic N) is 1. The van der Waals surface area contributed by atoms with Gasteiger partial charge in [-0.05, 0) is 43.3 Å². The van der Waals surface area contributed by atoms with E-state index >= 15 is 0 Å².